The van der Waals surface area contributed by atoms with Crippen LogP contribution in [0, 0.1) is 10.1 Å². The summed E-state index contributed by atoms with van der Waals surface area (Å²) in [5.41, 5.74) is 1.72. The molecule has 1 aromatic heterocycles. The summed E-state index contributed by atoms with van der Waals surface area (Å²) in [5, 5.41) is 13.8. The molecular formula is C19H18N4O4. The fourth-order valence-corrected chi connectivity index (χ4v) is 2.59. The predicted octanol–water partition coefficient (Wildman–Crippen LogP) is 3.04. The van der Waals surface area contributed by atoms with E-state index >= 15 is 0 Å². The second-order valence-electron chi connectivity index (χ2n) is 5.86. The molecule has 0 radical (unpaired) electrons. The van der Waals surface area contributed by atoms with Gasteiger partial charge in [0.25, 0.3) is 5.91 Å². The highest BCUT2D eigenvalue weighted by molar-refractivity contribution is 5.78. The summed E-state index contributed by atoms with van der Waals surface area (Å²) in [6, 6.07) is 13.4. The van der Waals surface area contributed by atoms with Crippen molar-refractivity contribution >= 4 is 11.6 Å². The van der Waals surface area contributed by atoms with E-state index in [1.807, 2.05) is 42.0 Å². The van der Waals surface area contributed by atoms with E-state index in [4.69, 9.17) is 4.74 Å². The number of nitrogens with zero attached hydrogens (tertiary/aromatic N) is 3. The Bertz CT molecular complexity index is 923. The van der Waals surface area contributed by atoms with E-state index in [1.54, 1.807) is 24.7 Å². The minimum Gasteiger partial charge on any atom is -0.477 e. The summed E-state index contributed by atoms with van der Waals surface area (Å²) in [6.45, 7) is 1.55. The number of nitro groups is 1. The fourth-order valence-electron chi connectivity index (χ4n) is 2.59. The molecule has 0 spiro atoms. The van der Waals surface area contributed by atoms with E-state index in [2.05, 4.69) is 10.3 Å². The summed E-state index contributed by atoms with van der Waals surface area (Å²) in [6.07, 6.45) is 5.26. The molecule has 1 N–H and O–H groups in total. The van der Waals surface area contributed by atoms with Crippen LogP contribution < -0.4 is 10.1 Å². The Morgan fingerprint density at radius 2 is 2.00 bits per heavy atom. The third kappa shape index (κ3) is 4.49. The van der Waals surface area contributed by atoms with E-state index < -0.39 is 4.92 Å². The van der Waals surface area contributed by atoms with Gasteiger partial charge in [-0.25, -0.2) is 4.98 Å². The second-order valence-corrected chi connectivity index (χ2v) is 5.86. The lowest BCUT2D eigenvalue weighted by atomic mass is 10.1. The van der Waals surface area contributed by atoms with Crippen molar-refractivity contribution < 1.29 is 14.5 Å². The maximum absolute atomic E-state index is 12.1. The van der Waals surface area contributed by atoms with Crippen LogP contribution in [-0.2, 0) is 4.79 Å². The Balaban J connectivity index is 1.57. The number of carbonyl (C=O) groups excluding carboxylic acids is 1. The van der Waals surface area contributed by atoms with Crippen molar-refractivity contribution in [3.63, 3.8) is 0 Å². The molecule has 8 heteroatoms. The number of nitrogens with one attached hydrogen (secondary N) is 1. The summed E-state index contributed by atoms with van der Waals surface area (Å²) in [7, 11) is 0. The number of benzene rings is 2. The molecule has 0 fully saturated rings. The van der Waals surface area contributed by atoms with Gasteiger partial charge >= 0.3 is 5.69 Å². The molecule has 3 aromatic rings. The Kier molecular flexibility index (Phi) is 5.46. The third-order valence-corrected chi connectivity index (χ3v) is 3.99. The number of para-hydroxylation sites is 2. The zero-order chi connectivity index (χ0) is 19.2. The van der Waals surface area contributed by atoms with Crippen molar-refractivity contribution in [2.45, 2.75) is 13.0 Å². The zero-order valence-electron chi connectivity index (χ0n) is 14.6. The number of carbonyl (C=O) groups is 1. The van der Waals surface area contributed by atoms with Gasteiger partial charge < -0.3 is 14.6 Å². The van der Waals surface area contributed by atoms with Gasteiger partial charge in [-0.3, -0.25) is 14.9 Å². The number of nitro benzene ring substituents is 1. The first-order valence-corrected chi connectivity index (χ1v) is 8.28. The average molecular weight is 366 g/mol. The second kappa shape index (κ2) is 8.13. The van der Waals surface area contributed by atoms with Crippen LogP contribution in [-0.4, -0.2) is 27.0 Å². The van der Waals surface area contributed by atoms with Gasteiger partial charge in [-0.2, -0.15) is 0 Å². The normalized spacial score (nSPS) is 11.6. The Morgan fingerprint density at radius 1 is 1.26 bits per heavy atom. The molecule has 0 bridgehead atoms. The van der Waals surface area contributed by atoms with Crippen LogP contribution in [0.25, 0.3) is 5.69 Å². The molecule has 0 aliphatic heterocycles. The quantitative estimate of drug-likeness (QED) is 0.512. The predicted molar refractivity (Wildman–Crippen MR) is 98.7 cm³/mol. The first kappa shape index (κ1) is 18.1. The molecule has 0 aliphatic carbocycles. The molecule has 0 saturated carbocycles. The number of imidazole rings is 1. The first-order chi connectivity index (χ1) is 13.0. The average Bonchev–Trinajstić information content (AvgIpc) is 3.21. The number of ether oxygens (including phenoxy) is 1. The smallest absolute Gasteiger partial charge is 0.310 e. The van der Waals surface area contributed by atoms with E-state index in [0.29, 0.717) is 0 Å². The third-order valence-electron chi connectivity index (χ3n) is 3.99. The van der Waals surface area contributed by atoms with Crippen LogP contribution >= 0.6 is 0 Å². The molecule has 1 atom stereocenters. The number of rotatable bonds is 7. The topological polar surface area (TPSA) is 99.3 Å². The van der Waals surface area contributed by atoms with Gasteiger partial charge in [0, 0.05) is 24.1 Å². The lowest BCUT2D eigenvalue weighted by Gasteiger charge is -2.15. The summed E-state index contributed by atoms with van der Waals surface area (Å²) >= 11 is 0. The first-order valence-electron chi connectivity index (χ1n) is 8.28. The molecule has 0 saturated heterocycles. The van der Waals surface area contributed by atoms with Gasteiger partial charge in [-0.1, -0.05) is 24.3 Å². The van der Waals surface area contributed by atoms with Crippen LogP contribution in [0.5, 0.6) is 5.75 Å². The van der Waals surface area contributed by atoms with Crippen molar-refractivity contribution in [2.75, 3.05) is 6.61 Å². The van der Waals surface area contributed by atoms with E-state index in [1.165, 1.54) is 12.1 Å². The van der Waals surface area contributed by atoms with Crippen LogP contribution in [0.15, 0.2) is 67.3 Å². The van der Waals surface area contributed by atoms with Gasteiger partial charge in [0.05, 0.1) is 17.3 Å². The highest BCUT2D eigenvalue weighted by Gasteiger charge is 2.16. The fraction of sp³-hybridized carbons (Fsp3) is 0.158. The molecule has 27 heavy (non-hydrogen) atoms. The maximum atomic E-state index is 12.1. The highest BCUT2D eigenvalue weighted by atomic mass is 16.6. The Labute approximate surface area is 155 Å². The standard InChI is InChI=1S/C19H18N4O4/c1-14(15-6-8-16(9-7-15)22-11-10-20-13-22)21-19(24)12-27-18-5-3-2-4-17(18)23(25)26/h2-11,13-14H,12H2,1H3,(H,21,24)/t14-/m0/s1. The number of hydrogen-bond acceptors (Lipinski definition) is 5. The molecule has 1 amide bonds. The number of amides is 1. The van der Waals surface area contributed by atoms with E-state index in [-0.39, 0.29) is 30.0 Å². The van der Waals surface area contributed by atoms with Gasteiger partial charge in [0.15, 0.2) is 12.4 Å². The SMILES string of the molecule is C[C@H](NC(=O)COc1ccccc1[N+](=O)[O-])c1ccc(-n2ccnc2)cc1. The minimum absolute atomic E-state index is 0.0648. The monoisotopic (exact) mass is 366 g/mol. The number of aromatic nitrogens is 2. The molecule has 0 unspecified atom stereocenters. The highest BCUT2D eigenvalue weighted by Crippen LogP contribution is 2.25. The van der Waals surface area contributed by atoms with Crippen LogP contribution in [0.4, 0.5) is 5.69 Å². The Morgan fingerprint density at radius 3 is 2.67 bits per heavy atom. The van der Waals surface area contributed by atoms with Crippen molar-refractivity contribution in [1.29, 1.82) is 0 Å². The van der Waals surface area contributed by atoms with Crippen molar-refractivity contribution in [3.8, 4) is 11.4 Å². The summed E-state index contributed by atoms with van der Waals surface area (Å²) in [5.74, 6) is -0.297. The minimum atomic E-state index is -0.544. The summed E-state index contributed by atoms with van der Waals surface area (Å²) < 4.78 is 7.18. The molecule has 138 valence electrons. The van der Waals surface area contributed by atoms with Crippen LogP contribution in [0.2, 0.25) is 0 Å². The van der Waals surface area contributed by atoms with Gasteiger partial charge in [-0.05, 0) is 30.7 Å². The van der Waals surface area contributed by atoms with Gasteiger partial charge in [0.2, 0.25) is 0 Å². The van der Waals surface area contributed by atoms with Gasteiger partial charge in [-0.15, -0.1) is 0 Å². The largest absolute Gasteiger partial charge is 0.477 e. The van der Waals surface area contributed by atoms with Gasteiger partial charge in [0.1, 0.15) is 0 Å². The molecule has 2 aromatic carbocycles. The Hall–Kier alpha value is -3.68. The molecule has 0 aliphatic rings. The lowest BCUT2D eigenvalue weighted by Crippen LogP contribution is -2.31. The van der Waals surface area contributed by atoms with Crippen molar-refractivity contribution in [2.24, 2.45) is 0 Å². The van der Waals surface area contributed by atoms with E-state index in [0.717, 1.165) is 11.3 Å². The van der Waals surface area contributed by atoms with Crippen LogP contribution in [0.3, 0.4) is 0 Å². The summed E-state index contributed by atoms with van der Waals surface area (Å²) in [4.78, 5) is 26.5. The molecule has 3 rings (SSSR count). The van der Waals surface area contributed by atoms with Crippen LogP contribution in [0.1, 0.15) is 18.5 Å². The zero-order valence-corrected chi connectivity index (χ0v) is 14.6. The van der Waals surface area contributed by atoms with Crippen molar-refractivity contribution in [1.82, 2.24) is 14.9 Å². The van der Waals surface area contributed by atoms with E-state index in [9.17, 15) is 14.9 Å². The number of hydrogen-bond donors (Lipinski definition) is 1. The lowest BCUT2D eigenvalue weighted by molar-refractivity contribution is -0.385. The maximum Gasteiger partial charge on any atom is 0.310 e. The molecule has 8 nitrogen and oxygen atoms in total. The molecule has 1 heterocycles. The van der Waals surface area contributed by atoms with Crippen molar-refractivity contribution in [3.05, 3.63) is 82.9 Å². The molecular weight excluding hydrogens is 348 g/mol.